The highest BCUT2D eigenvalue weighted by Gasteiger charge is 2.14. The minimum absolute atomic E-state index is 0.0124. The smallest absolute Gasteiger partial charge is 0.253 e. The van der Waals surface area contributed by atoms with Gasteiger partial charge in [0, 0.05) is 22.5 Å². The van der Waals surface area contributed by atoms with E-state index in [2.05, 4.69) is 29.2 Å². The highest BCUT2D eigenvalue weighted by molar-refractivity contribution is 7.10. The van der Waals surface area contributed by atoms with E-state index < -0.39 is 0 Å². The molecule has 1 atom stereocenters. The van der Waals surface area contributed by atoms with Crippen LogP contribution in [0.15, 0.2) is 36.0 Å². The van der Waals surface area contributed by atoms with Crippen LogP contribution in [0.2, 0.25) is 0 Å². The topological polar surface area (TPSA) is 59.8 Å². The van der Waals surface area contributed by atoms with Gasteiger partial charge < -0.3 is 5.32 Å². The fourth-order valence-corrected chi connectivity index (χ4v) is 3.07. The Hall–Kier alpha value is -2.21. The second-order valence-electron chi connectivity index (χ2n) is 5.53. The van der Waals surface area contributed by atoms with Gasteiger partial charge in [0.05, 0.1) is 17.8 Å². The van der Waals surface area contributed by atoms with E-state index in [1.807, 2.05) is 35.2 Å². The second kappa shape index (κ2) is 5.88. The molecule has 1 unspecified atom stereocenters. The molecule has 1 amide bonds. The molecule has 1 N–H and O–H groups in total. The van der Waals surface area contributed by atoms with Crippen molar-refractivity contribution in [3.8, 4) is 0 Å². The zero-order valence-electron chi connectivity index (χ0n) is 12.8. The van der Waals surface area contributed by atoms with Crippen molar-refractivity contribution in [3.63, 3.8) is 0 Å². The number of fused-ring (bicyclic) bond motifs is 1. The number of hydrogen-bond acceptors (Lipinski definition) is 4. The molecule has 0 fully saturated rings. The Labute approximate surface area is 133 Å². The predicted octanol–water partition coefficient (Wildman–Crippen LogP) is 3.56. The first-order valence-electron chi connectivity index (χ1n) is 7.24. The third-order valence-corrected chi connectivity index (χ3v) is 4.56. The highest BCUT2D eigenvalue weighted by Crippen LogP contribution is 2.20. The Bertz CT molecular complexity index is 792. The summed E-state index contributed by atoms with van der Waals surface area (Å²) < 4.78 is 1.85. The van der Waals surface area contributed by atoms with Crippen molar-refractivity contribution >= 4 is 28.3 Å². The van der Waals surface area contributed by atoms with E-state index in [9.17, 15) is 4.79 Å². The molecule has 3 aromatic rings. The second-order valence-corrected chi connectivity index (χ2v) is 6.51. The molecule has 114 valence electrons. The Morgan fingerprint density at radius 2 is 2.14 bits per heavy atom. The average Bonchev–Trinajstić information content (AvgIpc) is 3.15. The Kier molecular flexibility index (Phi) is 3.94. The number of carbonyl (C=O) groups excluding carboxylic acids is 1. The molecular formula is C16H18N4OS. The Morgan fingerprint density at radius 1 is 1.32 bits per heavy atom. The van der Waals surface area contributed by atoms with Gasteiger partial charge in [-0.05, 0) is 38.3 Å². The lowest BCUT2D eigenvalue weighted by Gasteiger charge is -2.12. The van der Waals surface area contributed by atoms with Crippen LogP contribution in [0.4, 0.5) is 0 Å². The van der Waals surface area contributed by atoms with Gasteiger partial charge >= 0.3 is 0 Å². The molecule has 22 heavy (non-hydrogen) atoms. The molecule has 0 aliphatic rings. The summed E-state index contributed by atoms with van der Waals surface area (Å²) in [7, 11) is 0. The monoisotopic (exact) mass is 314 g/mol. The number of nitrogens with zero attached hydrogens (tertiary/aromatic N) is 3. The van der Waals surface area contributed by atoms with Crippen molar-refractivity contribution in [2.24, 2.45) is 0 Å². The average molecular weight is 314 g/mol. The van der Waals surface area contributed by atoms with E-state index in [-0.39, 0.29) is 18.0 Å². The van der Waals surface area contributed by atoms with Gasteiger partial charge in [0.25, 0.3) is 5.91 Å². The number of pyridine rings is 1. The number of thiophene rings is 1. The normalized spacial score (nSPS) is 12.7. The molecule has 5 nitrogen and oxygen atoms in total. The zero-order chi connectivity index (χ0) is 15.7. The third-order valence-electron chi connectivity index (χ3n) is 3.50. The molecule has 3 aromatic heterocycles. The van der Waals surface area contributed by atoms with Crippen LogP contribution >= 0.6 is 11.3 Å². The van der Waals surface area contributed by atoms with Crippen molar-refractivity contribution in [1.29, 1.82) is 0 Å². The van der Waals surface area contributed by atoms with Crippen LogP contribution < -0.4 is 5.32 Å². The van der Waals surface area contributed by atoms with Gasteiger partial charge in [-0.3, -0.25) is 4.79 Å². The molecular weight excluding hydrogens is 296 g/mol. The largest absolute Gasteiger partial charge is 0.345 e. The van der Waals surface area contributed by atoms with Gasteiger partial charge in [-0.2, -0.15) is 5.10 Å². The molecule has 0 radical (unpaired) electrons. The lowest BCUT2D eigenvalue weighted by molar-refractivity contribution is 0.0940. The fraction of sp³-hybridized carbons (Fsp3) is 0.312. The maximum Gasteiger partial charge on any atom is 0.253 e. The first-order chi connectivity index (χ1) is 10.6. The minimum atomic E-state index is -0.118. The fourth-order valence-electron chi connectivity index (χ4n) is 2.33. The first kappa shape index (κ1) is 14.7. The molecule has 3 rings (SSSR count). The lowest BCUT2D eigenvalue weighted by atomic mass is 10.2. The Morgan fingerprint density at radius 3 is 2.82 bits per heavy atom. The first-order valence-corrected chi connectivity index (χ1v) is 8.11. The summed E-state index contributed by atoms with van der Waals surface area (Å²) in [6.07, 6.45) is 3.36. The number of amides is 1. The molecule has 6 heteroatoms. The number of aromatic nitrogens is 3. The summed E-state index contributed by atoms with van der Waals surface area (Å²) in [5.74, 6) is -0.118. The van der Waals surface area contributed by atoms with E-state index in [4.69, 9.17) is 0 Å². The van der Waals surface area contributed by atoms with Crippen molar-refractivity contribution in [2.45, 2.75) is 32.9 Å². The van der Waals surface area contributed by atoms with Crippen LogP contribution in [-0.2, 0) is 0 Å². The van der Waals surface area contributed by atoms with E-state index in [1.54, 1.807) is 23.7 Å². The van der Waals surface area contributed by atoms with Crippen molar-refractivity contribution < 1.29 is 4.79 Å². The highest BCUT2D eigenvalue weighted by atomic mass is 32.1. The molecule has 0 aromatic carbocycles. The van der Waals surface area contributed by atoms with Crippen molar-refractivity contribution in [2.75, 3.05) is 0 Å². The maximum absolute atomic E-state index is 12.4. The molecule has 0 saturated heterocycles. The summed E-state index contributed by atoms with van der Waals surface area (Å²) >= 11 is 1.63. The molecule has 0 spiro atoms. The van der Waals surface area contributed by atoms with Crippen LogP contribution in [0.5, 0.6) is 0 Å². The molecule has 0 aliphatic heterocycles. The van der Waals surface area contributed by atoms with E-state index in [0.29, 0.717) is 5.56 Å². The van der Waals surface area contributed by atoms with Crippen LogP contribution in [0.3, 0.4) is 0 Å². The zero-order valence-corrected chi connectivity index (χ0v) is 13.6. The van der Waals surface area contributed by atoms with E-state index in [0.717, 1.165) is 15.9 Å². The van der Waals surface area contributed by atoms with Gasteiger partial charge in [-0.15, -0.1) is 11.3 Å². The van der Waals surface area contributed by atoms with E-state index in [1.165, 1.54) is 0 Å². The number of carbonyl (C=O) groups is 1. The minimum Gasteiger partial charge on any atom is -0.345 e. The molecule has 0 bridgehead atoms. The SMILES string of the molecule is CC(NC(=O)c1cnc2c(cnn2C(C)C)c1)c1cccs1. The van der Waals surface area contributed by atoms with Gasteiger partial charge in [0.1, 0.15) is 0 Å². The van der Waals surface area contributed by atoms with Crippen molar-refractivity contribution in [3.05, 3.63) is 46.4 Å². The summed E-state index contributed by atoms with van der Waals surface area (Å²) in [4.78, 5) is 17.9. The quantitative estimate of drug-likeness (QED) is 0.801. The summed E-state index contributed by atoms with van der Waals surface area (Å²) in [6.45, 7) is 6.08. The lowest BCUT2D eigenvalue weighted by Crippen LogP contribution is -2.26. The van der Waals surface area contributed by atoms with E-state index >= 15 is 0 Å². The standard InChI is InChI=1S/C16H18N4OS/c1-10(2)20-15-12(9-18-20)7-13(8-17-15)16(21)19-11(3)14-5-4-6-22-14/h4-11H,1-3H3,(H,19,21). The Balaban J connectivity index is 1.82. The third kappa shape index (κ3) is 2.74. The summed E-state index contributed by atoms with van der Waals surface area (Å²) in [5.41, 5.74) is 1.36. The van der Waals surface area contributed by atoms with Crippen LogP contribution in [0, 0.1) is 0 Å². The molecule has 3 heterocycles. The van der Waals surface area contributed by atoms with Crippen LogP contribution in [0.25, 0.3) is 11.0 Å². The predicted molar refractivity (Wildman–Crippen MR) is 88.1 cm³/mol. The van der Waals surface area contributed by atoms with Gasteiger partial charge in [0.15, 0.2) is 5.65 Å². The summed E-state index contributed by atoms with van der Waals surface area (Å²) in [5, 5.41) is 10.2. The molecule has 0 saturated carbocycles. The summed E-state index contributed by atoms with van der Waals surface area (Å²) in [6, 6.07) is 6.07. The van der Waals surface area contributed by atoms with Gasteiger partial charge in [0.2, 0.25) is 0 Å². The number of nitrogens with one attached hydrogen (secondary N) is 1. The van der Waals surface area contributed by atoms with Crippen molar-refractivity contribution in [1.82, 2.24) is 20.1 Å². The van der Waals surface area contributed by atoms with Crippen LogP contribution in [-0.4, -0.2) is 20.7 Å². The maximum atomic E-state index is 12.4. The number of rotatable bonds is 4. The number of hydrogen-bond donors (Lipinski definition) is 1. The van der Waals surface area contributed by atoms with Crippen LogP contribution in [0.1, 0.15) is 48.1 Å². The van der Waals surface area contributed by atoms with Gasteiger partial charge in [-0.1, -0.05) is 6.07 Å². The van der Waals surface area contributed by atoms with Gasteiger partial charge in [-0.25, -0.2) is 9.67 Å². The molecule has 0 aliphatic carbocycles.